The lowest BCUT2D eigenvalue weighted by Gasteiger charge is -2.29. The average molecular weight is 350 g/mol. The minimum Gasteiger partial charge on any atom is -0.444 e. The first-order valence-electron chi connectivity index (χ1n) is 7.37. The van der Waals surface area contributed by atoms with Gasteiger partial charge in [-0.25, -0.2) is 13.2 Å². The molecule has 8 nitrogen and oxygen atoms in total. The van der Waals surface area contributed by atoms with E-state index in [0.29, 0.717) is 12.5 Å². The van der Waals surface area contributed by atoms with Crippen molar-refractivity contribution in [3.8, 4) is 0 Å². The van der Waals surface area contributed by atoms with Gasteiger partial charge in [-0.05, 0) is 34.6 Å². The van der Waals surface area contributed by atoms with Gasteiger partial charge in [-0.1, -0.05) is 0 Å². The molecule has 0 unspecified atom stereocenters. The highest BCUT2D eigenvalue weighted by atomic mass is 32.2. The first-order valence-corrected chi connectivity index (χ1v) is 9.43. The lowest BCUT2D eigenvalue weighted by atomic mass is 10.1. The third-order valence-corrected chi connectivity index (χ3v) is 3.47. The van der Waals surface area contributed by atoms with E-state index in [1.54, 1.807) is 27.8 Å². The first kappa shape index (κ1) is 21.5. The zero-order valence-corrected chi connectivity index (χ0v) is 15.9. The van der Waals surface area contributed by atoms with Gasteiger partial charge in [0.05, 0.1) is 11.3 Å². The van der Waals surface area contributed by atoms with Gasteiger partial charge in [-0.15, -0.1) is 0 Å². The Morgan fingerprint density at radius 2 is 1.70 bits per heavy atom. The van der Waals surface area contributed by atoms with Crippen molar-refractivity contribution in [2.75, 3.05) is 32.1 Å². The molecule has 0 saturated heterocycles. The summed E-state index contributed by atoms with van der Waals surface area (Å²) in [5.41, 5.74) is -1.13. The van der Waals surface area contributed by atoms with Gasteiger partial charge in [0.25, 0.3) is 0 Å². The number of aliphatic imine (C=N–C) groups is 1. The molecule has 0 bridgehead atoms. The minimum absolute atomic E-state index is 0.0211. The highest BCUT2D eigenvalue weighted by Gasteiger charge is 2.24. The Labute approximate surface area is 139 Å². The molecule has 0 aliphatic rings. The third kappa shape index (κ3) is 12.7. The minimum atomic E-state index is -3.02. The fraction of sp³-hybridized carbons (Fsp3) is 0.857. The van der Waals surface area contributed by atoms with Gasteiger partial charge < -0.3 is 20.7 Å². The van der Waals surface area contributed by atoms with E-state index in [-0.39, 0.29) is 12.3 Å². The summed E-state index contributed by atoms with van der Waals surface area (Å²) in [6.45, 7) is 9.73. The van der Waals surface area contributed by atoms with Gasteiger partial charge in [0.15, 0.2) is 5.96 Å². The summed E-state index contributed by atoms with van der Waals surface area (Å²) < 4.78 is 27.4. The fourth-order valence-corrected chi connectivity index (χ4v) is 1.98. The van der Waals surface area contributed by atoms with Crippen LogP contribution >= 0.6 is 0 Å². The largest absolute Gasteiger partial charge is 0.444 e. The van der Waals surface area contributed by atoms with Gasteiger partial charge in [-0.3, -0.25) is 4.99 Å². The Morgan fingerprint density at radius 3 is 2.13 bits per heavy atom. The summed E-state index contributed by atoms with van der Waals surface area (Å²) in [5.74, 6) is 0.487. The number of nitrogens with zero attached hydrogens (tertiary/aromatic N) is 1. The number of carbonyl (C=O) groups excluding carboxylic acids is 1. The normalized spacial score (nSPS) is 13.4. The van der Waals surface area contributed by atoms with Crippen molar-refractivity contribution < 1.29 is 17.9 Å². The second-order valence-electron chi connectivity index (χ2n) is 6.99. The highest BCUT2D eigenvalue weighted by molar-refractivity contribution is 7.90. The van der Waals surface area contributed by atoms with Crippen LogP contribution in [0.1, 0.15) is 34.6 Å². The quantitative estimate of drug-likeness (QED) is 0.475. The molecular formula is C14H30N4O4S. The molecule has 0 fully saturated rings. The van der Waals surface area contributed by atoms with E-state index in [1.807, 2.05) is 13.8 Å². The van der Waals surface area contributed by atoms with Crippen LogP contribution in [0.5, 0.6) is 0 Å². The van der Waals surface area contributed by atoms with Gasteiger partial charge in [-0.2, -0.15) is 0 Å². The number of amides is 1. The molecule has 9 heteroatoms. The van der Waals surface area contributed by atoms with Crippen LogP contribution in [0.25, 0.3) is 0 Å². The summed E-state index contributed by atoms with van der Waals surface area (Å²) >= 11 is 0. The molecule has 0 aromatic carbocycles. The Morgan fingerprint density at radius 1 is 1.13 bits per heavy atom. The zero-order chi connectivity index (χ0) is 18.3. The van der Waals surface area contributed by atoms with Crippen molar-refractivity contribution >= 4 is 21.9 Å². The zero-order valence-electron chi connectivity index (χ0n) is 15.1. The Bertz CT molecular complexity index is 521. The summed E-state index contributed by atoms with van der Waals surface area (Å²) in [5, 5.41) is 8.71. The topological polar surface area (TPSA) is 109 Å². The number of alkyl carbamates (subject to hydrolysis) is 1. The van der Waals surface area contributed by atoms with Crippen LogP contribution in [0.2, 0.25) is 0 Å². The molecule has 0 rings (SSSR count). The maximum atomic E-state index is 11.8. The smallest absolute Gasteiger partial charge is 0.408 e. The molecule has 0 aromatic heterocycles. The number of nitrogens with one attached hydrogen (secondary N) is 3. The molecule has 0 spiro atoms. The molecule has 0 aliphatic heterocycles. The van der Waals surface area contributed by atoms with Gasteiger partial charge in [0, 0.05) is 26.4 Å². The van der Waals surface area contributed by atoms with E-state index in [2.05, 4.69) is 20.9 Å². The monoisotopic (exact) mass is 350 g/mol. The van der Waals surface area contributed by atoms with Crippen molar-refractivity contribution in [1.29, 1.82) is 0 Å². The van der Waals surface area contributed by atoms with Crippen LogP contribution in [-0.2, 0) is 14.6 Å². The van der Waals surface area contributed by atoms with E-state index >= 15 is 0 Å². The number of sulfone groups is 1. The molecule has 0 aromatic rings. The standard InChI is InChI=1S/C14H30N4O4S/c1-13(2,3)22-12(19)18-14(4,5)10-17-11(15-6)16-8-9-23(7,20)21/h8-10H2,1-7H3,(H,18,19)(H2,15,16,17). The molecule has 0 atom stereocenters. The molecule has 0 heterocycles. The molecule has 0 saturated carbocycles. The molecule has 23 heavy (non-hydrogen) atoms. The van der Waals surface area contributed by atoms with E-state index in [4.69, 9.17) is 4.74 Å². The van der Waals surface area contributed by atoms with E-state index < -0.39 is 27.1 Å². The summed E-state index contributed by atoms with van der Waals surface area (Å²) in [6, 6.07) is 0. The van der Waals surface area contributed by atoms with Crippen LogP contribution in [0, 0.1) is 0 Å². The van der Waals surface area contributed by atoms with Crippen molar-refractivity contribution in [3.05, 3.63) is 0 Å². The van der Waals surface area contributed by atoms with Gasteiger partial charge in [0.2, 0.25) is 0 Å². The van der Waals surface area contributed by atoms with Gasteiger partial charge in [0.1, 0.15) is 15.4 Å². The molecular weight excluding hydrogens is 320 g/mol. The molecule has 3 N–H and O–H groups in total. The Hall–Kier alpha value is -1.51. The number of hydrogen-bond acceptors (Lipinski definition) is 5. The van der Waals surface area contributed by atoms with E-state index in [0.717, 1.165) is 0 Å². The Kier molecular flexibility index (Phi) is 7.82. The number of ether oxygens (including phenoxy) is 1. The van der Waals surface area contributed by atoms with Crippen LogP contribution in [0.4, 0.5) is 4.79 Å². The van der Waals surface area contributed by atoms with E-state index in [9.17, 15) is 13.2 Å². The predicted molar refractivity (Wildman–Crippen MR) is 92.5 cm³/mol. The number of hydrogen-bond donors (Lipinski definition) is 3. The number of rotatable bonds is 6. The van der Waals surface area contributed by atoms with Crippen molar-refractivity contribution in [1.82, 2.24) is 16.0 Å². The third-order valence-electron chi connectivity index (χ3n) is 2.53. The number of carbonyl (C=O) groups is 1. The van der Waals surface area contributed by atoms with Crippen LogP contribution in [0.15, 0.2) is 4.99 Å². The predicted octanol–water partition coefficient (Wildman–Crippen LogP) is 0.499. The van der Waals surface area contributed by atoms with Crippen LogP contribution < -0.4 is 16.0 Å². The average Bonchev–Trinajstić information content (AvgIpc) is 2.28. The van der Waals surface area contributed by atoms with Crippen molar-refractivity contribution in [2.24, 2.45) is 4.99 Å². The van der Waals surface area contributed by atoms with Crippen LogP contribution in [-0.4, -0.2) is 63.8 Å². The lowest BCUT2D eigenvalue weighted by molar-refractivity contribution is 0.0474. The molecule has 136 valence electrons. The summed E-state index contributed by atoms with van der Waals surface area (Å²) in [4.78, 5) is 15.8. The summed E-state index contributed by atoms with van der Waals surface area (Å²) in [6.07, 6.45) is 0.683. The summed E-state index contributed by atoms with van der Waals surface area (Å²) in [7, 11) is -1.44. The lowest BCUT2D eigenvalue weighted by Crippen LogP contribution is -2.54. The van der Waals surface area contributed by atoms with Crippen molar-refractivity contribution in [2.45, 2.75) is 45.8 Å². The first-order chi connectivity index (χ1) is 10.2. The van der Waals surface area contributed by atoms with Gasteiger partial charge >= 0.3 is 6.09 Å². The van der Waals surface area contributed by atoms with Crippen molar-refractivity contribution in [3.63, 3.8) is 0 Å². The maximum absolute atomic E-state index is 11.8. The molecule has 1 amide bonds. The molecule has 0 aliphatic carbocycles. The second kappa shape index (κ2) is 8.37. The molecule has 0 radical (unpaired) electrons. The highest BCUT2D eigenvalue weighted by Crippen LogP contribution is 2.09. The maximum Gasteiger partial charge on any atom is 0.408 e. The fourth-order valence-electron chi connectivity index (χ4n) is 1.50. The Balaban J connectivity index is 4.36. The second-order valence-corrected chi connectivity index (χ2v) is 9.25. The SMILES string of the molecule is CN=C(NCCS(C)(=O)=O)NCC(C)(C)NC(=O)OC(C)(C)C. The van der Waals surface area contributed by atoms with E-state index in [1.165, 1.54) is 6.26 Å². The number of guanidine groups is 1. The van der Waals surface area contributed by atoms with Crippen LogP contribution in [0.3, 0.4) is 0 Å².